The van der Waals surface area contributed by atoms with Gasteiger partial charge in [0.05, 0.1) is 18.1 Å². The number of hydrogen-bond acceptors (Lipinski definition) is 7. The smallest absolute Gasteiger partial charge is 0.341 e. The van der Waals surface area contributed by atoms with E-state index in [-0.39, 0.29) is 24.4 Å². The molecule has 0 spiro atoms. The Morgan fingerprint density at radius 3 is 2.58 bits per heavy atom. The van der Waals surface area contributed by atoms with E-state index in [1.54, 1.807) is 23.2 Å². The highest BCUT2D eigenvalue weighted by molar-refractivity contribution is 7.98. The van der Waals surface area contributed by atoms with Crippen LogP contribution in [0.3, 0.4) is 0 Å². The number of hydrogen-bond donors (Lipinski definition) is 0. The van der Waals surface area contributed by atoms with Gasteiger partial charge < -0.3 is 18.9 Å². The van der Waals surface area contributed by atoms with Gasteiger partial charge in [0.1, 0.15) is 5.00 Å². The zero-order valence-electron chi connectivity index (χ0n) is 17.5. The Labute approximate surface area is 189 Å². The summed E-state index contributed by atoms with van der Waals surface area (Å²) in [6, 6.07) is 3.85. The fourth-order valence-corrected chi connectivity index (χ4v) is 6.43. The lowest BCUT2D eigenvalue weighted by molar-refractivity contribution is -0.151. The first-order valence-corrected chi connectivity index (χ1v) is 12.5. The molecule has 2 aliphatic heterocycles. The SMILES string of the molecule is CCOC(=O)C1CCN(C(=O)COC(=O)c2c(-n3cccc3)sc3c2CCSC3)CC1. The summed E-state index contributed by atoms with van der Waals surface area (Å²) in [4.78, 5) is 40.4. The highest BCUT2D eigenvalue weighted by Crippen LogP contribution is 2.38. The van der Waals surface area contributed by atoms with Crippen molar-refractivity contribution in [3.63, 3.8) is 0 Å². The van der Waals surface area contributed by atoms with E-state index in [9.17, 15) is 14.4 Å². The predicted molar refractivity (Wildman–Crippen MR) is 120 cm³/mol. The summed E-state index contributed by atoms with van der Waals surface area (Å²) >= 11 is 3.49. The quantitative estimate of drug-likeness (QED) is 0.613. The van der Waals surface area contributed by atoms with Crippen LogP contribution in [0.4, 0.5) is 0 Å². The van der Waals surface area contributed by atoms with E-state index in [1.165, 1.54) is 4.88 Å². The number of aromatic nitrogens is 1. The summed E-state index contributed by atoms with van der Waals surface area (Å²) in [5.74, 6) is 0.852. The van der Waals surface area contributed by atoms with Gasteiger partial charge in [-0.2, -0.15) is 11.8 Å². The molecule has 0 radical (unpaired) electrons. The van der Waals surface area contributed by atoms with Crippen molar-refractivity contribution in [2.45, 2.75) is 31.9 Å². The average molecular weight is 463 g/mol. The molecule has 0 N–H and O–H groups in total. The summed E-state index contributed by atoms with van der Waals surface area (Å²) in [5.41, 5.74) is 1.64. The Morgan fingerprint density at radius 2 is 1.87 bits per heavy atom. The van der Waals surface area contributed by atoms with Crippen LogP contribution in [-0.4, -0.2) is 59.4 Å². The highest BCUT2D eigenvalue weighted by Gasteiger charge is 2.30. The van der Waals surface area contributed by atoms with E-state index in [0.717, 1.165) is 28.5 Å². The Morgan fingerprint density at radius 1 is 1.13 bits per heavy atom. The first-order valence-electron chi connectivity index (χ1n) is 10.6. The van der Waals surface area contributed by atoms with E-state index < -0.39 is 5.97 Å². The Bertz CT molecular complexity index is 946. The molecule has 2 aliphatic rings. The number of esters is 2. The molecule has 166 valence electrons. The molecule has 0 unspecified atom stereocenters. The fraction of sp³-hybridized carbons (Fsp3) is 0.500. The van der Waals surface area contributed by atoms with Crippen molar-refractivity contribution < 1.29 is 23.9 Å². The number of rotatable bonds is 6. The normalized spacial score (nSPS) is 16.6. The van der Waals surface area contributed by atoms with Crippen LogP contribution >= 0.6 is 23.1 Å². The monoisotopic (exact) mass is 462 g/mol. The third-order valence-corrected chi connectivity index (χ3v) is 8.05. The zero-order chi connectivity index (χ0) is 21.8. The molecule has 2 aromatic heterocycles. The topological polar surface area (TPSA) is 77.8 Å². The van der Waals surface area contributed by atoms with Crippen LogP contribution in [0, 0.1) is 5.92 Å². The molecule has 7 nitrogen and oxygen atoms in total. The minimum absolute atomic E-state index is 0.161. The lowest BCUT2D eigenvalue weighted by atomic mass is 9.97. The summed E-state index contributed by atoms with van der Waals surface area (Å²) in [7, 11) is 0. The minimum atomic E-state index is -0.442. The van der Waals surface area contributed by atoms with Crippen LogP contribution in [0.1, 0.15) is 40.6 Å². The summed E-state index contributed by atoms with van der Waals surface area (Å²) in [5, 5.41) is 0.852. The van der Waals surface area contributed by atoms with Gasteiger partial charge in [0.2, 0.25) is 0 Å². The molecule has 0 aliphatic carbocycles. The first-order chi connectivity index (χ1) is 15.1. The molecular formula is C22H26N2O5S2. The largest absolute Gasteiger partial charge is 0.466 e. The zero-order valence-corrected chi connectivity index (χ0v) is 19.1. The van der Waals surface area contributed by atoms with E-state index in [1.807, 2.05) is 40.9 Å². The number of fused-ring (bicyclic) bond motifs is 1. The highest BCUT2D eigenvalue weighted by atomic mass is 32.2. The molecule has 1 saturated heterocycles. The number of piperidine rings is 1. The minimum Gasteiger partial charge on any atom is -0.466 e. The van der Waals surface area contributed by atoms with Gasteiger partial charge in [0.25, 0.3) is 5.91 Å². The standard InChI is InChI=1S/C22H26N2O5S2/c1-2-28-21(26)15-5-10-23(11-6-15)18(25)13-29-22(27)19-16-7-12-30-14-17(16)31-20(19)24-8-3-4-9-24/h3-4,8-9,15H,2,5-7,10-14H2,1H3. The van der Waals surface area contributed by atoms with Crippen molar-refractivity contribution in [2.24, 2.45) is 5.92 Å². The van der Waals surface area contributed by atoms with Crippen molar-refractivity contribution in [3.8, 4) is 5.00 Å². The van der Waals surface area contributed by atoms with E-state index >= 15 is 0 Å². The molecular weight excluding hydrogens is 436 g/mol. The summed E-state index contributed by atoms with van der Waals surface area (Å²) < 4.78 is 12.5. The van der Waals surface area contributed by atoms with Crippen LogP contribution in [0.25, 0.3) is 5.00 Å². The molecule has 31 heavy (non-hydrogen) atoms. The van der Waals surface area contributed by atoms with Gasteiger partial charge in [-0.25, -0.2) is 4.79 Å². The van der Waals surface area contributed by atoms with Crippen molar-refractivity contribution in [2.75, 3.05) is 32.1 Å². The Kier molecular flexibility index (Phi) is 7.02. The number of thiophene rings is 1. The van der Waals surface area contributed by atoms with E-state index in [0.29, 0.717) is 38.1 Å². The molecule has 4 rings (SSSR count). The number of ether oxygens (including phenoxy) is 2. The Hall–Kier alpha value is -2.26. The van der Waals surface area contributed by atoms with E-state index in [2.05, 4.69) is 0 Å². The van der Waals surface area contributed by atoms with E-state index in [4.69, 9.17) is 9.47 Å². The number of nitrogens with zero attached hydrogens (tertiary/aromatic N) is 2. The van der Waals surface area contributed by atoms with Crippen molar-refractivity contribution >= 4 is 40.9 Å². The second kappa shape index (κ2) is 9.91. The van der Waals surface area contributed by atoms with Crippen molar-refractivity contribution in [3.05, 3.63) is 40.5 Å². The van der Waals surface area contributed by atoms with Crippen LogP contribution < -0.4 is 0 Å². The maximum absolute atomic E-state index is 13.0. The first kappa shape index (κ1) is 22.0. The van der Waals surface area contributed by atoms with Crippen LogP contribution in [0.5, 0.6) is 0 Å². The number of carbonyl (C=O) groups excluding carboxylic acids is 3. The number of carbonyl (C=O) groups is 3. The summed E-state index contributed by atoms with van der Waals surface area (Å²) in [6.45, 7) is 2.81. The van der Waals surface area contributed by atoms with Gasteiger partial charge in [0.15, 0.2) is 6.61 Å². The molecule has 0 atom stereocenters. The Balaban J connectivity index is 1.39. The van der Waals surface area contributed by atoms with Crippen molar-refractivity contribution in [1.82, 2.24) is 9.47 Å². The van der Waals surface area contributed by atoms with Gasteiger partial charge in [-0.3, -0.25) is 9.59 Å². The van der Waals surface area contributed by atoms with Gasteiger partial charge in [-0.15, -0.1) is 11.3 Å². The molecule has 2 aromatic rings. The second-order valence-corrected chi connectivity index (χ2v) is 9.75. The predicted octanol–water partition coefficient (Wildman–Crippen LogP) is 3.29. The third-order valence-electron chi connectivity index (χ3n) is 5.64. The van der Waals surface area contributed by atoms with Crippen LogP contribution in [-0.2, 0) is 31.2 Å². The molecule has 9 heteroatoms. The molecule has 1 fully saturated rings. The maximum Gasteiger partial charge on any atom is 0.341 e. The lowest BCUT2D eigenvalue weighted by Gasteiger charge is -2.30. The summed E-state index contributed by atoms with van der Waals surface area (Å²) in [6.07, 6.45) is 5.82. The van der Waals surface area contributed by atoms with Gasteiger partial charge in [-0.1, -0.05) is 0 Å². The van der Waals surface area contributed by atoms with Crippen LogP contribution in [0.15, 0.2) is 24.5 Å². The molecule has 0 bridgehead atoms. The lowest BCUT2D eigenvalue weighted by Crippen LogP contribution is -2.42. The van der Waals surface area contributed by atoms with Crippen LogP contribution in [0.2, 0.25) is 0 Å². The molecule has 0 saturated carbocycles. The number of likely N-dealkylation sites (tertiary alicyclic amines) is 1. The maximum atomic E-state index is 13.0. The third kappa shape index (κ3) is 4.82. The fourth-order valence-electron chi connectivity index (χ4n) is 4.00. The number of thioether (sulfide) groups is 1. The number of amides is 1. The second-order valence-electron chi connectivity index (χ2n) is 7.56. The molecule has 0 aromatic carbocycles. The van der Waals surface area contributed by atoms with Crippen molar-refractivity contribution in [1.29, 1.82) is 0 Å². The van der Waals surface area contributed by atoms with Gasteiger partial charge >= 0.3 is 11.9 Å². The molecule has 1 amide bonds. The average Bonchev–Trinajstić information content (AvgIpc) is 3.45. The van der Waals surface area contributed by atoms with Gasteiger partial charge in [-0.05, 0) is 49.6 Å². The molecule has 4 heterocycles. The van der Waals surface area contributed by atoms with Gasteiger partial charge in [0, 0.05) is 36.1 Å².